The molecule has 0 aliphatic heterocycles. The van der Waals surface area contributed by atoms with Crippen LogP contribution in [0.5, 0.6) is 0 Å². The number of nitrogens with one attached hydrogen (secondary N) is 1. The molecule has 0 aliphatic carbocycles. The first kappa shape index (κ1) is 19.5. The van der Waals surface area contributed by atoms with Crippen LogP contribution >= 0.6 is 0 Å². The van der Waals surface area contributed by atoms with Crippen LogP contribution < -0.4 is 5.32 Å². The number of ether oxygens (including phenoxy) is 1. The van der Waals surface area contributed by atoms with Crippen molar-refractivity contribution in [3.63, 3.8) is 0 Å². The van der Waals surface area contributed by atoms with Crippen LogP contribution in [0.3, 0.4) is 0 Å². The van der Waals surface area contributed by atoms with Crippen molar-refractivity contribution in [2.24, 2.45) is 0 Å². The highest BCUT2D eigenvalue weighted by molar-refractivity contribution is 5.68. The van der Waals surface area contributed by atoms with Crippen LogP contribution in [0.4, 0.5) is 4.79 Å². The largest absolute Gasteiger partial charge is 0.453 e. The number of amides is 1. The summed E-state index contributed by atoms with van der Waals surface area (Å²) in [7, 11) is 1.35. The second-order valence-electron chi connectivity index (χ2n) is 7.61. The van der Waals surface area contributed by atoms with Gasteiger partial charge in [-0.2, -0.15) is 0 Å². The summed E-state index contributed by atoms with van der Waals surface area (Å²) in [6, 6.07) is 7.88. The van der Waals surface area contributed by atoms with Crippen molar-refractivity contribution in [3.05, 3.63) is 35.4 Å². The van der Waals surface area contributed by atoms with E-state index in [2.05, 4.69) is 10.1 Å². The number of rotatable bonds is 5. The van der Waals surface area contributed by atoms with Crippen LogP contribution in [0, 0.1) is 0 Å². The zero-order chi connectivity index (χ0) is 17.9. The van der Waals surface area contributed by atoms with E-state index < -0.39 is 17.2 Å². The monoisotopic (exact) mass is 323 g/mol. The molecule has 0 heterocycles. The summed E-state index contributed by atoms with van der Waals surface area (Å²) in [5, 5.41) is 2.81. The Morgan fingerprint density at radius 3 is 1.78 bits per heavy atom. The lowest BCUT2D eigenvalue weighted by Gasteiger charge is -2.30. The van der Waals surface area contributed by atoms with Crippen molar-refractivity contribution < 1.29 is 19.3 Å². The molecule has 0 aromatic heterocycles. The third-order valence-electron chi connectivity index (χ3n) is 3.40. The van der Waals surface area contributed by atoms with Crippen molar-refractivity contribution in [2.75, 3.05) is 7.11 Å². The van der Waals surface area contributed by atoms with Gasteiger partial charge in [-0.1, -0.05) is 24.3 Å². The molecule has 23 heavy (non-hydrogen) atoms. The molecule has 5 nitrogen and oxygen atoms in total. The summed E-state index contributed by atoms with van der Waals surface area (Å²) >= 11 is 0. The number of alkyl carbamates (subject to hydrolysis) is 1. The van der Waals surface area contributed by atoms with Crippen molar-refractivity contribution in [1.29, 1.82) is 0 Å². The molecule has 0 radical (unpaired) electrons. The number of methoxy groups -OCH3 is 1. The van der Waals surface area contributed by atoms with E-state index in [-0.39, 0.29) is 5.60 Å². The minimum absolute atomic E-state index is 0.371. The van der Waals surface area contributed by atoms with Crippen LogP contribution in [0.15, 0.2) is 24.3 Å². The van der Waals surface area contributed by atoms with Crippen molar-refractivity contribution in [3.8, 4) is 0 Å². The Morgan fingerprint density at radius 1 is 0.870 bits per heavy atom. The number of hydrogen-bond donors (Lipinski definition) is 1. The maximum Gasteiger partial charge on any atom is 0.407 e. The van der Waals surface area contributed by atoms with Crippen molar-refractivity contribution in [2.45, 2.75) is 65.2 Å². The van der Waals surface area contributed by atoms with Gasteiger partial charge in [0.25, 0.3) is 0 Å². The van der Waals surface area contributed by atoms with Crippen LogP contribution in [-0.4, -0.2) is 18.8 Å². The molecule has 0 saturated heterocycles. The Bertz CT molecular complexity index is 527. The van der Waals surface area contributed by atoms with Gasteiger partial charge in [-0.15, -0.1) is 0 Å². The topological polar surface area (TPSA) is 56.8 Å². The van der Waals surface area contributed by atoms with Gasteiger partial charge in [-0.3, -0.25) is 0 Å². The molecular formula is C18H29NO4. The average molecular weight is 323 g/mol. The summed E-state index contributed by atoms with van der Waals surface area (Å²) < 4.78 is 4.66. The lowest BCUT2D eigenvalue weighted by molar-refractivity contribution is -0.401. The molecule has 130 valence electrons. The van der Waals surface area contributed by atoms with E-state index in [0.717, 1.165) is 11.1 Å². The fourth-order valence-electron chi connectivity index (χ4n) is 1.94. The molecule has 0 atom stereocenters. The van der Waals surface area contributed by atoms with Gasteiger partial charge in [0.1, 0.15) is 5.60 Å². The highest BCUT2D eigenvalue weighted by Gasteiger charge is 2.28. The number of hydrogen-bond acceptors (Lipinski definition) is 4. The third-order valence-corrected chi connectivity index (χ3v) is 3.40. The molecule has 1 aromatic rings. The van der Waals surface area contributed by atoms with Gasteiger partial charge in [0.05, 0.1) is 18.2 Å². The molecule has 5 heteroatoms. The maximum atomic E-state index is 11.4. The maximum absolute atomic E-state index is 11.4. The Hall–Kier alpha value is -1.59. The zero-order valence-corrected chi connectivity index (χ0v) is 15.4. The zero-order valence-electron chi connectivity index (χ0n) is 15.4. The van der Waals surface area contributed by atoms with Gasteiger partial charge >= 0.3 is 6.09 Å². The molecule has 1 N–H and O–H groups in total. The van der Waals surface area contributed by atoms with Crippen LogP contribution in [-0.2, 0) is 25.7 Å². The molecule has 1 rings (SSSR count). The van der Waals surface area contributed by atoms with Gasteiger partial charge in [-0.05, 0) is 59.6 Å². The minimum atomic E-state index is -0.578. The Labute approximate surface area is 139 Å². The van der Waals surface area contributed by atoms with E-state index in [1.165, 1.54) is 7.11 Å². The summed E-state index contributed by atoms with van der Waals surface area (Å²) in [6.45, 7) is 13.6. The smallest absolute Gasteiger partial charge is 0.407 e. The number of carbonyl (C=O) groups is 1. The lowest BCUT2D eigenvalue weighted by Crippen LogP contribution is -2.40. The summed E-state index contributed by atoms with van der Waals surface area (Å²) in [5.41, 5.74) is 0.479. The highest BCUT2D eigenvalue weighted by Crippen LogP contribution is 2.29. The summed E-state index contributed by atoms with van der Waals surface area (Å²) in [4.78, 5) is 22.5. The van der Waals surface area contributed by atoms with E-state index in [1.54, 1.807) is 0 Å². The predicted molar refractivity (Wildman–Crippen MR) is 90.0 cm³/mol. The van der Waals surface area contributed by atoms with Gasteiger partial charge in [0, 0.05) is 0 Å². The van der Waals surface area contributed by atoms with E-state index in [9.17, 15) is 4.79 Å². The third kappa shape index (κ3) is 5.84. The van der Waals surface area contributed by atoms with Crippen molar-refractivity contribution >= 4 is 6.09 Å². The van der Waals surface area contributed by atoms with E-state index in [0.29, 0.717) is 0 Å². The lowest BCUT2D eigenvalue weighted by atomic mass is 9.90. The Kier molecular flexibility index (Phi) is 5.83. The quantitative estimate of drug-likeness (QED) is 0.650. The SMILES string of the molecule is COC(=O)NC(C)(C)c1ccc(C(C)(C)OOC(C)(C)C)cc1. The van der Waals surface area contributed by atoms with E-state index >= 15 is 0 Å². The Balaban J connectivity index is 2.88. The molecule has 0 aliphatic rings. The molecule has 0 saturated carbocycles. The molecule has 0 bridgehead atoms. The van der Waals surface area contributed by atoms with Gasteiger partial charge in [-0.25, -0.2) is 14.6 Å². The summed E-state index contributed by atoms with van der Waals surface area (Å²) in [6.07, 6.45) is -0.457. The van der Waals surface area contributed by atoms with Crippen molar-refractivity contribution in [1.82, 2.24) is 5.32 Å². The first-order valence-electron chi connectivity index (χ1n) is 7.71. The fourth-order valence-corrected chi connectivity index (χ4v) is 1.94. The number of carbonyl (C=O) groups excluding carboxylic acids is 1. The number of benzene rings is 1. The average Bonchev–Trinajstić information content (AvgIpc) is 2.44. The van der Waals surface area contributed by atoms with Gasteiger partial charge in [0.15, 0.2) is 0 Å². The molecule has 1 amide bonds. The van der Waals surface area contributed by atoms with E-state index in [1.807, 2.05) is 72.7 Å². The first-order valence-corrected chi connectivity index (χ1v) is 7.71. The molecule has 0 fully saturated rings. The second kappa shape index (κ2) is 6.89. The van der Waals surface area contributed by atoms with Crippen LogP contribution in [0.2, 0.25) is 0 Å². The van der Waals surface area contributed by atoms with E-state index in [4.69, 9.17) is 9.78 Å². The van der Waals surface area contributed by atoms with Crippen LogP contribution in [0.25, 0.3) is 0 Å². The second-order valence-corrected chi connectivity index (χ2v) is 7.61. The predicted octanol–water partition coefficient (Wildman–Crippen LogP) is 4.26. The Morgan fingerprint density at radius 2 is 1.35 bits per heavy atom. The van der Waals surface area contributed by atoms with Gasteiger partial charge in [0.2, 0.25) is 0 Å². The molecule has 0 unspecified atom stereocenters. The fraction of sp³-hybridized carbons (Fsp3) is 0.611. The molecule has 1 aromatic carbocycles. The van der Waals surface area contributed by atoms with Crippen LogP contribution in [0.1, 0.15) is 59.6 Å². The van der Waals surface area contributed by atoms with Gasteiger partial charge < -0.3 is 10.1 Å². The highest BCUT2D eigenvalue weighted by atomic mass is 17.2. The molecule has 0 spiro atoms. The standard InChI is InChI=1S/C18H29NO4/c1-16(2,3)22-23-18(6,7)14-11-9-13(10-12-14)17(4,5)19-15(20)21-8/h9-12H,1-8H3,(H,19,20). The summed E-state index contributed by atoms with van der Waals surface area (Å²) in [5.74, 6) is 0. The first-order chi connectivity index (χ1) is 10.4. The normalized spacial score (nSPS) is 12.9. The molecular weight excluding hydrogens is 294 g/mol. The minimum Gasteiger partial charge on any atom is -0.453 e.